The Kier molecular flexibility index (Phi) is 4.41. The van der Waals surface area contributed by atoms with E-state index in [0.717, 1.165) is 17.8 Å². The highest BCUT2D eigenvalue weighted by molar-refractivity contribution is 5.94. The van der Waals surface area contributed by atoms with Gasteiger partial charge in [0.25, 0.3) is 0 Å². The lowest BCUT2D eigenvalue weighted by Gasteiger charge is -2.10. The quantitative estimate of drug-likeness (QED) is 0.561. The number of hydrogen-bond donors (Lipinski definition) is 0. The molecule has 86 valence electrons. The van der Waals surface area contributed by atoms with Crippen LogP contribution in [0.25, 0.3) is 0 Å². The van der Waals surface area contributed by atoms with Gasteiger partial charge in [-0.15, -0.1) is 0 Å². The predicted molar refractivity (Wildman–Crippen MR) is 68.5 cm³/mol. The van der Waals surface area contributed by atoms with Crippen LogP contribution in [0, 0.1) is 0 Å². The van der Waals surface area contributed by atoms with E-state index in [1.165, 1.54) is 5.56 Å². The van der Waals surface area contributed by atoms with Crippen molar-refractivity contribution in [1.29, 1.82) is 0 Å². The molecule has 0 aliphatic rings. The Labute approximate surface area is 97.4 Å². The number of rotatable bonds is 4. The maximum atomic E-state index is 11.3. The van der Waals surface area contributed by atoms with E-state index in [1.807, 2.05) is 32.0 Å². The summed E-state index contributed by atoms with van der Waals surface area (Å²) in [5.41, 5.74) is 3.05. The fourth-order valence-electron chi connectivity index (χ4n) is 1.49. The number of aliphatic imine (C=N–C) groups is 1. The molecule has 0 aromatic heterocycles. The van der Waals surface area contributed by atoms with Gasteiger partial charge in [0.1, 0.15) is 0 Å². The third-order valence-corrected chi connectivity index (χ3v) is 2.54. The van der Waals surface area contributed by atoms with Crippen LogP contribution in [0.15, 0.2) is 29.3 Å². The van der Waals surface area contributed by atoms with Crippen molar-refractivity contribution in [2.24, 2.45) is 4.99 Å². The highest BCUT2D eigenvalue weighted by atomic mass is 16.1. The summed E-state index contributed by atoms with van der Waals surface area (Å²) in [6.45, 7) is 8.50. The molecule has 0 radical (unpaired) electrons. The van der Waals surface area contributed by atoms with Crippen LogP contribution in [0.4, 0.5) is 0 Å². The van der Waals surface area contributed by atoms with Crippen molar-refractivity contribution in [3.05, 3.63) is 35.4 Å². The lowest BCUT2D eigenvalue weighted by Crippen LogP contribution is -2.01. The van der Waals surface area contributed by atoms with Crippen molar-refractivity contribution in [2.45, 2.75) is 33.6 Å². The van der Waals surface area contributed by atoms with Crippen LogP contribution >= 0.6 is 0 Å². The molecule has 1 aromatic carbocycles. The van der Waals surface area contributed by atoms with Crippen LogP contribution in [0.3, 0.4) is 0 Å². The van der Waals surface area contributed by atoms with Crippen LogP contribution in [0.2, 0.25) is 0 Å². The van der Waals surface area contributed by atoms with Crippen molar-refractivity contribution in [3.63, 3.8) is 0 Å². The molecule has 1 aromatic rings. The topological polar surface area (TPSA) is 29.4 Å². The molecule has 0 aliphatic carbocycles. The number of ketones is 1. The van der Waals surface area contributed by atoms with E-state index in [9.17, 15) is 4.79 Å². The van der Waals surface area contributed by atoms with Crippen molar-refractivity contribution in [3.8, 4) is 0 Å². The van der Waals surface area contributed by atoms with Gasteiger partial charge < -0.3 is 0 Å². The number of benzene rings is 1. The van der Waals surface area contributed by atoms with Crippen LogP contribution in [-0.2, 0) is 0 Å². The second-order valence-electron chi connectivity index (χ2n) is 4.37. The van der Waals surface area contributed by atoms with E-state index in [-0.39, 0.29) is 5.78 Å². The third-order valence-electron chi connectivity index (χ3n) is 2.54. The van der Waals surface area contributed by atoms with Crippen LogP contribution in [-0.4, -0.2) is 18.0 Å². The lowest BCUT2D eigenvalue weighted by atomic mass is 9.98. The summed E-state index contributed by atoms with van der Waals surface area (Å²) in [5, 5.41) is 0. The largest absolute Gasteiger partial charge is 0.295 e. The van der Waals surface area contributed by atoms with E-state index in [1.54, 1.807) is 6.92 Å². The van der Waals surface area contributed by atoms with Crippen molar-refractivity contribution >= 4 is 11.5 Å². The molecule has 0 saturated carbocycles. The maximum Gasteiger partial charge on any atom is 0.159 e. The zero-order valence-corrected chi connectivity index (χ0v) is 10.4. The second kappa shape index (κ2) is 5.59. The van der Waals surface area contributed by atoms with Gasteiger partial charge in [-0.3, -0.25) is 9.79 Å². The van der Waals surface area contributed by atoms with Gasteiger partial charge >= 0.3 is 0 Å². The van der Waals surface area contributed by atoms with Crippen molar-refractivity contribution in [1.82, 2.24) is 0 Å². The number of hydrogen-bond acceptors (Lipinski definition) is 2. The SMILES string of the molecule is CC(=O)c1cccc(C(C)CN=C(C)C)c1. The fraction of sp³-hybridized carbons (Fsp3) is 0.429. The summed E-state index contributed by atoms with van der Waals surface area (Å²) in [7, 11) is 0. The molecule has 0 heterocycles. The minimum absolute atomic E-state index is 0.115. The number of Topliss-reactive ketones (excluding diaryl/α,β-unsaturated/α-hetero) is 1. The predicted octanol–water partition coefficient (Wildman–Crippen LogP) is 3.47. The molecular weight excluding hydrogens is 198 g/mol. The molecule has 1 rings (SSSR count). The molecule has 16 heavy (non-hydrogen) atoms. The standard InChI is InChI=1S/C14H19NO/c1-10(2)15-9-11(3)13-6-5-7-14(8-13)12(4)16/h5-8,11H,9H2,1-4H3. The summed E-state index contributed by atoms with van der Waals surface area (Å²) in [5.74, 6) is 0.471. The first-order valence-corrected chi connectivity index (χ1v) is 5.59. The van der Waals surface area contributed by atoms with E-state index in [0.29, 0.717) is 5.92 Å². The van der Waals surface area contributed by atoms with E-state index < -0.39 is 0 Å². The molecule has 1 unspecified atom stereocenters. The average Bonchev–Trinajstić information content (AvgIpc) is 2.26. The van der Waals surface area contributed by atoms with Crippen LogP contribution in [0.1, 0.15) is 49.5 Å². The highest BCUT2D eigenvalue weighted by Gasteiger charge is 2.06. The van der Waals surface area contributed by atoms with E-state index in [4.69, 9.17) is 0 Å². The molecule has 0 N–H and O–H groups in total. The lowest BCUT2D eigenvalue weighted by molar-refractivity contribution is 0.101. The first-order valence-electron chi connectivity index (χ1n) is 5.59. The molecule has 0 amide bonds. The second-order valence-corrected chi connectivity index (χ2v) is 4.37. The Balaban J connectivity index is 2.83. The maximum absolute atomic E-state index is 11.3. The molecule has 0 spiro atoms. The van der Waals surface area contributed by atoms with Gasteiger partial charge in [-0.2, -0.15) is 0 Å². The normalized spacial score (nSPS) is 12.0. The molecule has 0 aliphatic heterocycles. The third kappa shape index (κ3) is 3.61. The number of carbonyl (C=O) groups is 1. The van der Waals surface area contributed by atoms with Gasteiger partial charge in [-0.25, -0.2) is 0 Å². The van der Waals surface area contributed by atoms with Gasteiger partial charge in [0, 0.05) is 23.7 Å². The Hall–Kier alpha value is -1.44. The van der Waals surface area contributed by atoms with Gasteiger partial charge in [-0.05, 0) is 32.4 Å². The summed E-state index contributed by atoms with van der Waals surface area (Å²) in [6.07, 6.45) is 0. The molecule has 0 saturated heterocycles. The van der Waals surface area contributed by atoms with Crippen molar-refractivity contribution < 1.29 is 4.79 Å². The smallest absolute Gasteiger partial charge is 0.159 e. The average molecular weight is 217 g/mol. The monoisotopic (exact) mass is 217 g/mol. The van der Waals surface area contributed by atoms with Gasteiger partial charge in [0.2, 0.25) is 0 Å². The van der Waals surface area contributed by atoms with Gasteiger partial charge in [0.15, 0.2) is 5.78 Å². The van der Waals surface area contributed by atoms with Gasteiger partial charge in [0.05, 0.1) is 0 Å². The molecule has 0 bridgehead atoms. The minimum Gasteiger partial charge on any atom is -0.295 e. The zero-order valence-electron chi connectivity index (χ0n) is 10.4. The van der Waals surface area contributed by atoms with E-state index >= 15 is 0 Å². The molecule has 0 fully saturated rings. The Morgan fingerprint density at radius 3 is 2.56 bits per heavy atom. The summed E-state index contributed by atoms with van der Waals surface area (Å²) in [6, 6.07) is 7.81. The Bertz CT molecular complexity index is 403. The Morgan fingerprint density at radius 2 is 2.00 bits per heavy atom. The molecule has 1 atom stereocenters. The first kappa shape index (κ1) is 12.6. The summed E-state index contributed by atoms with van der Waals surface area (Å²) >= 11 is 0. The molecule has 2 heteroatoms. The summed E-state index contributed by atoms with van der Waals surface area (Å²) < 4.78 is 0. The molecule has 2 nitrogen and oxygen atoms in total. The van der Waals surface area contributed by atoms with Crippen LogP contribution < -0.4 is 0 Å². The highest BCUT2D eigenvalue weighted by Crippen LogP contribution is 2.17. The zero-order chi connectivity index (χ0) is 12.1. The minimum atomic E-state index is 0.115. The number of nitrogens with zero attached hydrogens (tertiary/aromatic N) is 1. The summed E-state index contributed by atoms with van der Waals surface area (Å²) in [4.78, 5) is 15.7. The number of carbonyl (C=O) groups excluding carboxylic acids is 1. The fourth-order valence-corrected chi connectivity index (χ4v) is 1.49. The first-order chi connectivity index (χ1) is 7.50. The van der Waals surface area contributed by atoms with Crippen LogP contribution in [0.5, 0.6) is 0 Å². The molecular formula is C14H19NO. The van der Waals surface area contributed by atoms with Crippen molar-refractivity contribution in [2.75, 3.05) is 6.54 Å². The van der Waals surface area contributed by atoms with E-state index in [2.05, 4.69) is 18.0 Å². The van der Waals surface area contributed by atoms with Gasteiger partial charge in [-0.1, -0.05) is 25.1 Å². The Morgan fingerprint density at radius 1 is 1.31 bits per heavy atom.